The lowest BCUT2D eigenvalue weighted by Crippen LogP contribution is -2.16. The molecule has 4 rings (SSSR count). The third-order valence-electron chi connectivity index (χ3n) is 6.45. The first-order valence-electron chi connectivity index (χ1n) is 15.7. The summed E-state index contributed by atoms with van der Waals surface area (Å²) >= 11 is 1.31. The van der Waals surface area contributed by atoms with Gasteiger partial charge >= 0.3 is 0 Å². The van der Waals surface area contributed by atoms with E-state index in [2.05, 4.69) is 74.9 Å². The largest absolute Gasteiger partial charge is 0.394 e. The van der Waals surface area contributed by atoms with Gasteiger partial charge in [0.15, 0.2) is 0 Å². The second-order valence-corrected chi connectivity index (χ2v) is 14.8. The number of aliphatic hydroxyl groups excluding tert-OH is 1. The number of nitrogens with one attached hydrogen (secondary N) is 4. The first-order valence-corrected chi connectivity index (χ1v) is 20.4. The first-order chi connectivity index (χ1) is 27.4. The Labute approximate surface area is 332 Å². The molecule has 0 amide bonds. The molecule has 0 aliphatic heterocycles. The van der Waals surface area contributed by atoms with Gasteiger partial charge in [-0.1, -0.05) is 34.4 Å². The minimum Gasteiger partial charge on any atom is -0.394 e. The van der Waals surface area contributed by atoms with Crippen LogP contribution in [0.3, 0.4) is 0 Å². The fraction of sp³-hybridized carbons (Fsp3) is 0.250. The molecule has 0 saturated carbocycles. The quantitative estimate of drug-likeness (QED) is 0.00879. The van der Waals surface area contributed by atoms with Crippen LogP contribution in [-0.4, -0.2) is 122 Å². The molecule has 29 heteroatoms. The van der Waals surface area contributed by atoms with Crippen LogP contribution in [0, 0.1) is 0 Å². The van der Waals surface area contributed by atoms with Crippen LogP contribution in [0.15, 0.2) is 57.5 Å². The van der Waals surface area contributed by atoms with E-state index in [1.165, 1.54) is 30.5 Å². The number of aliphatic imine (C=N–C) groups is 1. The molecule has 2 heterocycles. The number of ether oxygens (including phenoxy) is 1. The molecule has 0 unspecified atom stereocenters. The predicted octanol–water partition coefficient (Wildman–Crippen LogP) is 2.88. The SMILES string of the molecule is O=S(=O)(O)CCNc1ncnc(Nc2ccc(C=Cc3ccc(Nc4nc(N=CCSOOO)nc(NCCOCCO)n4)cc3S(=O)(=O)O)c(SOOO)c2)n1. The Bertz CT molecular complexity index is 2210. The lowest BCUT2D eigenvalue weighted by molar-refractivity contribution is -0.432. The molecule has 9 N–H and O–H groups in total. The van der Waals surface area contributed by atoms with Crippen molar-refractivity contribution < 1.29 is 65.0 Å². The third-order valence-corrected chi connectivity index (χ3v) is 9.18. The average Bonchev–Trinajstić information content (AvgIpc) is 3.16. The van der Waals surface area contributed by atoms with Gasteiger partial charge in [-0.2, -0.15) is 36.8 Å². The van der Waals surface area contributed by atoms with E-state index in [0.717, 1.165) is 24.4 Å². The zero-order chi connectivity index (χ0) is 41.1. The molecule has 0 saturated heterocycles. The van der Waals surface area contributed by atoms with Crippen molar-refractivity contribution in [1.29, 1.82) is 0 Å². The molecular formula is C28H33N11O14S4. The van der Waals surface area contributed by atoms with E-state index in [4.69, 9.17) is 24.9 Å². The van der Waals surface area contributed by atoms with Crippen molar-refractivity contribution in [3.8, 4) is 0 Å². The van der Waals surface area contributed by atoms with Gasteiger partial charge in [0.05, 0.1) is 43.4 Å². The minimum absolute atomic E-state index is 0.0246. The van der Waals surface area contributed by atoms with Gasteiger partial charge in [-0.15, -0.1) is 8.67 Å². The topological polar surface area (TPSA) is 353 Å². The highest BCUT2D eigenvalue weighted by Crippen LogP contribution is 2.31. The molecule has 57 heavy (non-hydrogen) atoms. The molecule has 0 aliphatic rings. The molecule has 2 aromatic carbocycles. The Hall–Kier alpha value is -4.73. The molecule has 25 nitrogen and oxygen atoms in total. The second kappa shape index (κ2) is 22.9. The Morgan fingerprint density at radius 3 is 2.18 bits per heavy atom. The molecule has 0 atom stereocenters. The van der Waals surface area contributed by atoms with Crippen molar-refractivity contribution in [2.24, 2.45) is 4.99 Å². The van der Waals surface area contributed by atoms with Crippen molar-refractivity contribution >= 4 is 104 Å². The number of nitrogens with zero attached hydrogens (tertiary/aromatic N) is 7. The Balaban J connectivity index is 1.56. The maximum Gasteiger partial charge on any atom is 0.295 e. The van der Waals surface area contributed by atoms with Crippen LogP contribution < -0.4 is 21.3 Å². The van der Waals surface area contributed by atoms with Gasteiger partial charge in [0.1, 0.15) is 11.2 Å². The smallest absolute Gasteiger partial charge is 0.295 e. The van der Waals surface area contributed by atoms with Gasteiger partial charge in [-0.3, -0.25) is 9.11 Å². The van der Waals surface area contributed by atoms with E-state index < -0.39 is 30.9 Å². The van der Waals surface area contributed by atoms with E-state index in [0.29, 0.717) is 28.2 Å². The normalized spacial score (nSPS) is 12.0. The Morgan fingerprint density at radius 1 is 0.772 bits per heavy atom. The van der Waals surface area contributed by atoms with Gasteiger partial charge in [-0.05, 0) is 35.4 Å². The number of hydrogen-bond donors (Lipinski definition) is 9. The summed E-state index contributed by atoms with van der Waals surface area (Å²) in [5.74, 6) is -0.420. The van der Waals surface area contributed by atoms with Crippen LogP contribution in [0.4, 0.5) is 41.1 Å². The van der Waals surface area contributed by atoms with Crippen molar-refractivity contribution in [3.05, 3.63) is 53.9 Å². The first kappa shape index (κ1) is 45.0. The number of aliphatic hydroxyl groups is 1. The maximum absolute atomic E-state index is 12.5. The Kier molecular flexibility index (Phi) is 18.0. The van der Waals surface area contributed by atoms with E-state index in [-0.39, 0.29) is 79.7 Å². The summed E-state index contributed by atoms with van der Waals surface area (Å²) in [7, 11) is -9.00. The molecule has 2 aromatic heterocycles. The molecule has 0 bridgehead atoms. The Morgan fingerprint density at radius 2 is 1.44 bits per heavy atom. The summed E-state index contributed by atoms with van der Waals surface area (Å²) in [6.07, 6.45) is 5.42. The second-order valence-electron chi connectivity index (χ2n) is 10.4. The van der Waals surface area contributed by atoms with Crippen LogP contribution in [0.2, 0.25) is 0 Å². The van der Waals surface area contributed by atoms with Gasteiger partial charge in [-0.25, -0.2) is 25.5 Å². The fourth-order valence-electron chi connectivity index (χ4n) is 4.18. The van der Waals surface area contributed by atoms with Crippen molar-refractivity contribution in [2.75, 3.05) is 65.7 Å². The van der Waals surface area contributed by atoms with Crippen LogP contribution >= 0.6 is 24.1 Å². The molecule has 0 fully saturated rings. The highest BCUT2D eigenvalue weighted by atomic mass is 32.2. The summed E-state index contributed by atoms with van der Waals surface area (Å²) in [6, 6.07) is 8.78. The number of benzene rings is 2. The number of anilines is 6. The average molecular weight is 876 g/mol. The van der Waals surface area contributed by atoms with E-state index in [1.54, 1.807) is 18.2 Å². The zero-order valence-electron chi connectivity index (χ0n) is 28.9. The van der Waals surface area contributed by atoms with E-state index in [9.17, 15) is 21.4 Å². The van der Waals surface area contributed by atoms with E-state index >= 15 is 0 Å². The van der Waals surface area contributed by atoms with Gasteiger partial charge in [0, 0.05) is 47.6 Å². The predicted molar refractivity (Wildman–Crippen MR) is 205 cm³/mol. The van der Waals surface area contributed by atoms with Crippen LogP contribution in [-0.2, 0) is 43.7 Å². The molecule has 308 valence electrons. The molecule has 0 radical (unpaired) electrons. The standard InChI is InChI=1S/C28H33N11O14S4/c40-10-12-49-11-7-29-25-37-26(30-8-13-54-52-50-41)39-28(38-25)35-21-6-4-19(23(16-21)57(46,47)48)2-1-18-3-5-20(15-22(18)55-53-51-42)34-27-33-17-32-24(36-27)31-9-14-56(43,44)45/h1-6,8,15-17,40-42H,7,9-14H2,(H,43,44,45)(H,46,47,48)(H2,29,35,37,38,39)(H2,31,32,33,34,36). The molecule has 4 aromatic rings. The summed E-state index contributed by atoms with van der Waals surface area (Å²) < 4.78 is 80.2. The fourth-order valence-corrected chi connectivity index (χ4v) is 5.99. The van der Waals surface area contributed by atoms with Crippen molar-refractivity contribution in [3.63, 3.8) is 0 Å². The summed E-state index contributed by atoms with van der Waals surface area (Å²) in [4.78, 5) is 28.6. The van der Waals surface area contributed by atoms with Crippen LogP contribution in [0.5, 0.6) is 0 Å². The lowest BCUT2D eigenvalue weighted by atomic mass is 10.1. The van der Waals surface area contributed by atoms with Gasteiger partial charge in [0.25, 0.3) is 26.2 Å². The van der Waals surface area contributed by atoms with E-state index in [1.807, 2.05) is 0 Å². The zero-order valence-corrected chi connectivity index (χ0v) is 32.2. The minimum atomic E-state index is -4.80. The lowest BCUT2D eigenvalue weighted by Gasteiger charge is -2.11. The van der Waals surface area contributed by atoms with Gasteiger partial charge < -0.3 is 31.1 Å². The third kappa shape index (κ3) is 16.3. The summed E-state index contributed by atoms with van der Waals surface area (Å²) in [5, 5.41) is 44.6. The van der Waals surface area contributed by atoms with Crippen molar-refractivity contribution in [1.82, 2.24) is 29.9 Å². The van der Waals surface area contributed by atoms with Gasteiger partial charge in [0.2, 0.25) is 23.8 Å². The maximum atomic E-state index is 12.5. The molecule has 0 spiro atoms. The number of rotatable bonds is 25. The number of aromatic nitrogens is 6. The number of hydrogen-bond acceptors (Lipinski definition) is 25. The van der Waals surface area contributed by atoms with Crippen LogP contribution in [0.25, 0.3) is 12.2 Å². The highest BCUT2D eigenvalue weighted by Gasteiger charge is 2.17. The monoisotopic (exact) mass is 875 g/mol. The molecule has 0 aliphatic carbocycles. The summed E-state index contributed by atoms with van der Waals surface area (Å²) in [5.41, 5.74) is 1.06. The van der Waals surface area contributed by atoms with Crippen LogP contribution in [0.1, 0.15) is 11.1 Å². The summed E-state index contributed by atoms with van der Waals surface area (Å²) in [6.45, 7) is 0.275. The molecular weight excluding hydrogens is 843 g/mol. The van der Waals surface area contributed by atoms with Crippen molar-refractivity contribution in [2.45, 2.75) is 9.79 Å². The highest BCUT2D eigenvalue weighted by molar-refractivity contribution is 7.95.